The first-order valence-electron chi connectivity index (χ1n) is 7.00. The van der Waals surface area contributed by atoms with Gasteiger partial charge in [-0.1, -0.05) is 0 Å². The Morgan fingerprint density at radius 2 is 2.11 bits per heavy atom. The summed E-state index contributed by atoms with van der Waals surface area (Å²) in [6.07, 6.45) is 2.32. The molecule has 2 aliphatic rings. The number of nitrogens with zero attached hydrogens (tertiary/aromatic N) is 1. The Morgan fingerprint density at radius 3 is 2.79 bits per heavy atom. The van der Waals surface area contributed by atoms with Gasteiger partial charge in [-0.2, -0.15) is 0 Å². The van der Waals surface area contributed by atoms with Crippen molar-refractivity contribution in [3.8, 4) is 11.5 Å². The highest BCUT2D eigenvalue weighted by Crippen LogP contribution is 2.39. The summed E-state index contributed by atoms with van der Waals surface area (Å²) in [6.45, 7) is 5.17. The van der Waals surface area contributed by atoms with E-state index in [1.165, 1.54) is 5.56 Å². The lowest BCUT2D eigenvalue weighted by Crippen LogP contribution is -2.50. The van der Waals surface area contributed by atoms with Crippen molar-refractivity contribution in [3.63, 3.8) is 0 Å². The highest BCUT2D eigenvalue weighted by molar-refractivity contribution is 5.44. The third-order valence-corrected chi connectivity index (χ3v) is 4.70. The molecule has 0 aliphatic carbocycles. The van der Waals surface area contributed by atoms with Crippen LogP contribution in [0.4, 0.5) is 0 Å². The van der Waals surface area contributed by atoms with E-state index in [1.54, 1.807) is 12.1 Å². The molecule has 104 valence electrons. The molecule has 1 saturated heterocycles. The topological polar surface area (TPSA) is 44.7 Å². The Bertz CT molecular complexity index is 467. The van der Waals surface area contributed by atoms with E-state index in [4.69, 9.17) is 4.74 Å². The molecule has 3 rings (SSSR count). The number of fused-ring (bicyclic) bond motifs is 1. The predicted molar refractivity (Wildman–Crippen MR) is 74.6 cm³/mol. The second kappa shape index (κ2) is 4.69. The van der Waals surface area contributed by atoms with Gasteiger partial charge in [-0.15, -0.1) is 0 Å². The van der Waals surface area contributed by atoms with E-state index in [0.717, 1.165) is 31.7 Å². The van der Waals surface area contributed by atoms with Crippen molar-refractivity contribution in [1.82, 2.24) is 10.2 Å². The summed E-state index contributed by atoms with van der Waals surface area (Å²) in [4.78, 5) is 2.50. The monoisotopic (exact) mass is 262 g/mol. The lowest BCUT2D eigenvalue weighted by atomic mass is 9.88. The van der Waals surface area contributed by atoms with Crippen LogP contribution >= 0.6 is 0 Å². The number of hydrogen-bond donors (Lipinski definition) is 2. The standard InChI is InChI=1S/C15H22N2O2/c1-15(16-2)5-7-17(8-6-15)13-10-19-14-9-11(18)3-4-12(13)14/h3-4,9,13,16,18H,5-8,10H2,1-2H3. The molecule has 0 radical (unpaired) electrons. The van der Waals surface area contributed by atoms with E-state index in [-0.39, 0.29) is 11.3 Å². The summed E-state index contributed by atoms with van der Waals surface area (Å²) in [5.74, 6) is 1.12. The first kappa shape index (κ1) is 12.8. The van der Waals surface area contributed by atoms with Crippen LogP contribution in [0.3, 0.4) is 0 Å². The van der Waals surface area contributed by atoms with Crippen LogP contribution in [0.1, 0.15) is 31.4 Å². The van der Waals surface area contributed by atoms with E-state index in [0.29, 0.717) is 12.6 Å². The second-order valence-electron chi connectivity index (χ2n) is 5.90. The quantitative estimate of drug-likeness (QED) is 0.854. The fourth-order valence-corrected chi connectivity index (χ4v) is 3.06. The van der Waals surface area contributed by atoms with Crippen molar-refractivity contribution < 1.29 is 9.84 Å². The summed E-state index contributed by atoms with van der Waals surface area (Å²) in [6, 6.07) is 5.81. The minimum absolute atomic E-state index is 0.272. The number of nitrogens with one attached hydrogen (secondary N) is 1. The van der Waals surface area contributed by atoms with Gasteiger partial charge in [0, 0.05) is 30.3 Å². The molecule has 1 aromatic carbocycles. The molecule has 0 aromatic heterocycles. The molecule has 1 aromatic rings. The van der Waals surface area contributed by atoms with Gasteiger partial charge >= 0.3 is 0 Å². The van der Waals surface area contributed by atoms with E-state index >= 15 is 0 Å². The van der Waals surface area contributed by atoms with Crippen LogP contribution < -0.4 is 10.1 Å². The van der Waals surface area contributed by atoms with Crippen molar-refractivity contribution in [3.05, 3.63) is 23.8 Å². The van der Waals surface area contributed by atoms with E-state index < -0.39 is 0 Å². The summed E-state index contributed by atoms with van der Waals surface area (Å²) in [5.41, 5.74) is 1.49. The van der Waals surface area contributed by atoms with Gasteiger partial charge in [-0.05, 0) is 38.9 Å². The van der Waals surface area contributed by atoms with Crippen LogP contribution in [0.2, 0.25) is 0 Å². The number of rotatable bonds is 2. The maximum absolute atomic E-state index is 9.49. The molecule has 1 unspecified atom stereocenters. The number of hydrogen-bond acceptors (Lipinski definition) is 4. The molecule has 1 fully saturated rings. The second-order valence-corrected chi connectivity index (χ2v) is 5.90. The van der Waals surface area contributed by atoms with E-state index in [2.05, 4.69) is 17.1 Å². The largest absolute Gasteiger partial charge is 0.508 e. The lowest BCUT2D eigenvalue weighted by molar-refractivity contribution is 0.0962. The number of benzene rings is 1. The zero-order valence-corrected chi connectivity index (χ0v) is 11.6. The Labute approximate surface area is 114 Å². The van der Waals surface area contributed by atoms with Crippen LogP contribution in [0.5, 0.6) is 11.5 Å². The summed E-state index contributed by atoms with van der Waals surface area (Å²) < 4.78 is 5.71. The zero-order chi connectivity index (χ0) is 13.5. The molecular formula is C15H22N2O2. The molecule has 2 aliphatic heterocycles. The summed E-state index contributed by atoms with van der Waals surface area (Å²) in [7, 11) is 2.05. The van der Waals surface area contributed by atoms with Crippen LogP contribution in [-0.4, -0.2) is 42.3 Å². The van der Waals surface area contributed by atoms with Gasteiger partial charge < -0.3 is 15.2 Å². The number of ether oxygens (including phenoxy) is 1. The zero-order valence-electron chi connectivity index (χ0n) is 11.6. The lowest BCUT2D eigenvalue weighted by Gasteiger charge is -2.41. The first-order chi connectivity index (χ1) is 9.11. The third-order valence-electron chi connectivity index (χ3n) is 4.70. The molecule has 1 atom stereocenters. The van der Waals surface area contributed by atoms with Gasteiger partial charge in [-0.3, -0.25) is 4.90 Å². The summed E-state index contributed by atoms with van der Waals surface area (Å²) >= 11 is 0. The number of phenols is 1. The fourth-order valence-electron chi connectivity index (χ4n) is 3.06. The normalized spacial score (nSPS) is 25.9. The first-order valence-corrected chi connectivity index (χ1v) is 7.00. The number of phenolic OH excluding ortho intramolecular Hbond substituents is 1. The minimum atomic E-state index is 0.272. The fraction of sp³-hybridized carbons (Fsp3) is 0.600. The van der Waals surface area contributed by atoms with Crippen LogP contribution in [0.25, 0.3) is 0 Å². The molecule has 0 amide bonds. The van der Waals surface area contributed by atoms with Gasteiger partial charge in [0.05, 0.1) is 6.04 Å². The average Bonchev–Trinajstić information content (AvgIpc) is 2.82. The van der Waals surface area contributed by atoms with Crippen molar-refractivity contribution in [2.45, 2.75) is 31.3 Å². The minimum Gasteiger partial charge on any atom is -0.508 e. The van der Waals surface area contributed by atoms with E-state index in [1.807, 2.05) is 13.1 Å². The Kier molecular flexibility index (Phi) is 3.15. The Hall–Kier alpha value is -1.26. The number of likely N-dealkylation sites (tertiary alicyclic amines) is 1. The van der Waals surface area contributed by atoms with Crippen molar-refractivity contribution in [2.24, 2.45) is 0 Å². The maximum Gasteiger partial charge on any atom is 0.127 e. The summed E-state index contributed by atoms with van der Waals surface area (Å²) in [5, 5.41) is 12.9. The Balaban J connectivity index is 1.73. The van der Waals surface area contributed by atoms with Crippen LogP contribution in [0.15, 0.2) is 18.2 Å². The van der Waals surface area contributed by atoms with E-state index in [9.17, 15) is 5.11 Å². The van der Waals surface area contributed by atoms with Crippen molar-refractivity contribution in [1.29, 1.82) is 0 Å². The van der Waals surface area contributed by atoms with Gasteiger partial charge in [0.25, 0.3) is 0 Å². The van der Waals surface area contributed by atoms with Crippen molar-refractivity contribution >= 4 is 0 Å². The number of aromatic hydroxyl groups is 1. The highest BCUT2D eigenvalue weighted by atomic mass is 16.5. The van der Waals surface area contributed by atoms with Gasteiger partial charge in [0.2, 0.25) is 0 Å². The molecule has 0 bridgehead atoms. The molecule has 4 nitrogen and oxygen atoms in total. The highest BCUT2D eigenvalue weighted by Gasteiger charge is 2.35. The molecule has 19 heavy (non-hydrogen) atoms. The van der Waals surface area contributed by atoms with Crippen molar-refractivity contribution in [2.75, 3.05) is 26.7 Å². The van der Waals surface area contributed by atoms with Crippen LogP contribution in [0, 0.1) is 0 Å². The molecular weight excluding hydrogens is 240 g/mol. The third kappa shape index (κ3) is 2.30. The SMILES string of the molecule is CNC1(C)CCN(C2COc3cc(O)ccc32)CC1. The number of piperidine rings is 1. The Morgan fingerprint density at radius 1 is 1.37 bits per heavy atom. The van der Waals surface area contributed by atoms with Gasteiger partial charge in [0.15, 0.2) is 0 Å². The molecule has 0 spiro atoms. The molecule has 4 heteroatoms. The maximum atomic E-state index is 9.49. The molecule has 0 saturated carbocycles. The van der Waals surface area contributed by atoms with Gasteiger partial charge in [0.1, 0.15) is 18.1 Å². The predicted octanol–water partition coefficient (Wildman–Crippen LogP) is 1.90. The average molecular weight is 262 g/mol. The smallest absolute Gasteiger partial charge is 0.127 e. The van der Waals surface area contributed by atoms with Crippen LogP contribution in [-0.2, 0) is 0 Å². The molecule has 2 N–H and O–H groups in total. The van der Waals surface area contributed by atoms with Gasteiger partial charge in [-0.25, -0.2) is 0 Å². The molecule has 2 heterocycles.